The van der Waals surface area contributed by atoms with Crippen molar-refractivity contribution in [1.29, 1.82) is 0 Å². The number of benzene rings is 1. The average molecular weight is 279 g/mol. The minimum atomic E-state index is -0.622. The van der Waals surface area contributed by atoms with E-state index < -0.39 is 12.4 Å². The van der Waals surface area contributed by atoms with E-state index in [-0.39, 0.29) is 30.8 Å². The summed E-state index contributed by atoms with van der Waals surface area (Å²) in [6, 6.07) is 8.56. The summed E-state index contributed by atoms with van der Waals surface area (Å²) in [4.78, 5) is 12.2. The second kappa shape index (κ2) is 5.49. The maximum Gasteiger partial charge on any atom is 0.251 e. The summed E-state index contributed by atoms with van der Waals surface area (Å²) in [6.45, 7) is -0.125. The molecule has 2 aliphatic heterocycles. The van der Waals surface area contributed by atoms with Crippen LogP contribution in [0.15, 0.2) is 30.3 Å². The molecular weight excluding hydrogens is 262 g/mol. The average Bonchev–Trinajstić information content (AvgIpc) is 3.29. The van der Waals surface area contributed by atoms with E-state index in [1.54, 1.807) is 24.3 Å². The number of methoxy groups -OCH3 is 1. The van der Waals surface area contributed by atoms with Gasteiger partial charge in [0.15, 0.2) is 6.29 Å². The van der Waals surface area contributed by atoms with Gasteiger partial charge in [0.05, 0.1) is 6.61 Å². The van der Waals surface area contributed by atoms with Gasteiger partial charge in [0.2, 0.25) is 0 Å². The molecule has 6 heteroatoms. The van der Waals surface area contributed by atoms with Gasteiger partial charge in [-0.2, -0.15) is 0 Å². The Balaban J connectivity index is 1.69. The Morgan fingerprint density at radius 1 is 1.30 bits per heavy atom. The molecule has 0 aromatic heterocycles. The first-order chi connectivity index (χ1) is 9.74. The molecule has 5 atom stereocenters. The van der Waals surface area contributed by atoms with Crippen LogP contribution in [0.2, 0.25) is 0 Å². The van der Waals surface area contributed by atoms with Crippen molar-refractivity contribution in [3.8, 4) is 0 Å². The third kappa shape index (κ3) is 2.43. The van der Waals surface area contributed by atoms with E-state index in [1.165, 1.54) is 7.11 Å². The molecule has 1 amide bonds. The highest BCUT2D eigenvalue weighted by Crippen LogP contribution is 2.37. The van der Waals surface area contributed by atoms with E-state index in [9.17, 15) is 9.90 Å². The molecule has 2 aliphatic rings. The van der Waals surface area contributed by atoms with Crippen molar-refractivity contribution in [3.63, 3.8) is 0 Å². The number of carbonyl (C=O) groups is 1. The maximum atomic E-state index is 12.2. The van der Waals surface area contributed by atoms with Crippen LogP contribution in [-0.2, 0) is 14.2 Å². The summed E-state index contributed by atoms with van der Waals surface area (Å²) in [5.74, 6) is -0.196. The van der Waals surface area contributed by atoms with Gasteiger partial charge >= 0.3 is 0 Å². The van der Waals surface area contributed by atoms with Crippen molar-refractivity contribution in [2.75, 3.05) is 13.7 Å². The quantitative estimate of drug-likeness (QED) is 0.753. The molecule has 20 heavy (non-hydrogen) atoms. The van der Waals surface area contributed by atoms with Crippen LogP contribution in [0.1, 0.15) is 10.4 Å². The molecule has 1 aromatic rings. The maximum absolute atomic E-state index is 12.2. The SMILES string of the molecule is COC1OC(CO)[C@H]2O[C@H]2C1NC(=O)c1ccccc1. The first-order valence-electron chi connectivity index (χ1n) is 6.55. The first kappa shape index (κ1) is 13.5. The van der Waals surface area contributed by atoms with E-state index >= 15 is 0 Å². The Hall–Kier alpha value is -1.47. The largest absolute Gasteiger partial charge is 0.394 e. The molecule has 0 radical (unpaired) electrons. The highest BCUT2D eigenvalue weighted by molar-refractivity contribution is 5.94. The Morgan fingerprint density at radius 3 is 2.70 bits per heavy atom. The number of hydrogen-bond donors (Lipinski definition) is 2. The third-order valence-electron chi connectivity index (χ3n) is 3.63. The topological polar surface area (TPSA) is 80.3 Å². The van der Waals surface area contributed by atoms with Gasteiger partial charge in [-0.05, 0) is 12.1 Å². The number of epoxide rings is 1. The van der Waals surface area contributed by atoms with Gasteiger partial charge in [-0.3, -0.25) is 4.79 Å². The van der Waals surface area contributed by atoms with Gasteiger partial charge in [-0.1, -0.05) is 18.2 Å². The van der Waals surface area contributed by atoms with Crippen molar-refractivity contribution in [3.05, 3.63) is 35.9 Å². The van der Waals surface area contributed by atoms with Gasteiger partial charge in [0.25, 0.3) is 5.91 Å². The van der Waals surface area contributed by atoms with Crippen molar-refractivity contribution >= 4 is 5.91 Å². The molecule has 0 bridgehead atoms. The first-order valence-corrected chi connectivity index (χ1v) is 6.55. The van der Waals surface area contributed by atoms with E-state index in [1.807, 2.05) is 6.07 Å². The fraction of sp³-hybridized carbons (Fsp3) is 0.500. The molecule has 1 aromatic carbocycles. The highest BCUT2D eigenvalue weighted by atomic mass is 16.7. The molecule has 0 aliphatic carbocycles. The number of aliphatic hydroxyl groups is 1. The lowest BCUT2D eigenvalue weighted by Gasteiger charge is -2.32. The summed E-state index contributed by atoms with van der Waals surface area (Å²) in [5.41, 5.74) is 0.573. The second-order valence-corrected chi connectivity index (χ2v) is 4.89. The van der Waals surface area contributed by atoms with Crippen LogP contribution >= 0.6 is 0 Å². The number of ether oxygens (including phenoxy) is 3. The smallest absolute Gasteiger partial charge is 0.251 e. The van der Waals surface area contributed by atoms with Crippen LogP contribution in [0, 0.1) is 0 Å². The molecule has 0 spiro atoms. The van der Waals surface area contributed by atoms with Crippen molar-refractivity contribution in [2.45, 2.75) is 30.6 Å². The molecule has 2 saturated heterocycles. The lowest BCUT2D eigenvalue weighted by molar-refractivity contribution is -0.190. The Kier molecular flexibility index (Phi) is 3.71. The van der Waals surface area contributed by atoms with Crippen LogP contribution in [0.3, 0.4) is 0 Å². The van der Waals surface area contributed by atoms with Crippen molar-refractivity contribution < 1.29 is 24.1 Å². The lowest BCUT2D eigenvalue weighted by atomic mass is 10.0. The predicted molar refractivity (Wildman–Crippen MR) is 69.1 cm³/mol. The van der Waals surface area contributed by atoms with Crippen LogP contribution in [0.4, 0.5) is 0 Å². The van der Waals surface area contributed by atoms with Gasteiger partial charge in [-0.25, -0.2) is 0 Å². The Labute approximate surface area is 116 Å². The summed E-state index contributed by atoms with van der Waals surface area (Å²) in [6.07, 6.45) is -1.36. The third-order valence-corrected chi connectivity index (χ3v) is 3.63. The second-order valence-electron chi connectivity index (χ2n) is 4.89. The minimum Gasteiger partial charge on any atom is -0.394 e. The standard InChI is InChI=1S/C14H17NO5/c1-18-14-10(12-11(20-12)9(7-16)19-14)15-13(17)8-5-3-2-4-6-8/h2-6,9-12,14,16H,7H2,1H3,(H,15,17)/t9?,10?,11-,12+,14?/m1/s1. The molecule has 6 nitrogen and oxygen atoms in total. The van der Waals surface area contributed by atoms with Crippen molar-refractivity contribution in [1.82, 2.24) is 5.32 Å². The fourth-order valence-electron chi connectivity index (χ4n) is 2.54. The van der Waals surface area contributed by atoms with E-state index in [0.717, 1.165) is 0 Å². The highest BCUT2D eigenvalue weighted by Gasteiger charge is 2.58. The van der Waals surface area contributed by atoms with Crippen LogP contribution in [0.25, 0.3) is 0 Å². The number of rotatable bonds is 4. The monoisotopic (exact) mass is 279 g/mol. The van der Waals surface area contributed by atoms with Gasteiger partial charge in [0.1, 0.15) is 24.4 Å². The number of amides is 1. The van der Waals surface area contributed by atoms with E-state index in [2.05, 4.69) is 5.32 Å². The van der Waals surface area contributed by atoms with Gasteiger partial charge in [0, 0.05) is 12.7 Å². The summed E-state index contributed by atoms with van der Waals surface area (Å²) < 4.78 is 16.3. The fourth-order valence-corrected chi connectivity index (χ4v) is 2.54. The van der Waals surface area contributed by atoms with Crippen molar-refractivity contribution in [2.24, 2.45) is 0 Å². The zero-order valence-corrected chi connectivity index (χ0v) is 11.1. The zero-order chi connectivity index (χ0) is 14.1. The molecule has 2 fully saturated rings. The molecule has 3 unspecified atom stereocenters. The predicted octanol–water partition coefficient (Wildman–Crippen LogP) is -0.0840. The zero-order valence-electron chi connectivity index (χ0n) is 11.1. The number of carbonyl (C=O) groups excluding carboxylic acids is 1. The van der Waals surface area contributed by atoms with Gasteiger partial charge in [-0.15, -0.1) is 0 Å². The number of nitrogens with one attached hydrogen (secondary N) is 1. The summed E-state index contributed by atoms with van der Waals surface area (Å²) >= 11 is 0. The van der Waals surface area contributed by atoms with E-state index in [0.29, 0.717) is 5.56 Å². The summed E-state index contributed by atoms with van der Waals surface area (Å²) in [5, 5.41) is 12.1. The lowest BCUT2D eigenvalue weighted by Crippen LogP contribution is -2.55. The minimum absolute atomic E-state index is 0.125. The molecule has 3 rings (SSSR count). The summed E-state index contributed by atoms with van der Waals surface area (Å²) in [7, 11) is 1.50. The Bertz CT molecular complexity index is 480. The van der Waals surface area contributed by atoms with E-state index in [4.69, 9.17) is 14.2 Å². The number of fused-ring (bicyclic) bond motifs is 1. The van der Waals surface area contributed by atoms with Crippen LogP contribution in [0.5, 0.6) is 0 Å². The molecule has 2 heterocycles. The Morgan fingerprint density at radius 2 is 2.05 bits per heavy atom. The molecule has 108 valence electrons. The van der Waals surface area contributed by atoms with Crippen LogP contribution < -0.4 is 5.32 Å². The van der Waals surface area contributed by atoms with Crippen LogP contribution in [-0.4, -0.2) is 55.4 Å². The molecular formula is C14H17NO5. The molecule has 0 saturated carbocycles. The normalized spacial score (nSPS) is 35.2. The number of aliphatic hydroxyl groups excluding tert-OH is 1. The van der Waals surface area contributed by atoms with Gasteiger partial charge < -0.3 is 24.6 Å². The number of hydrogen-bond acceptors (Lipinski definition) is 5. The molecule has 2 N–H and O–H groups in total.